The predicted molar refractivity (Wildman–Crippen MR) is 57.5 cm³/mol. The van der Waals surface area contributed by atoms with Crippen molar-refractivity contribution in [2.75, 3.05) is 5.12 Å². The smallest absolute Gasteiger partial charge is 0.249 e. The van der Waals surface area contributed by atoms with Crippen LogP contribution in [0.4, 0.5) is 10.2 Å². The Labute approximate surface area is 85.8 Å². The van der Waals surface area contributed by atoms with Crippen LogP contribution in [0.25, 0.3) is 0 Å². The van der Waals surface area contributed by atoms with Crippen molar-refractivity contribution >= 4 is 17.6 Å². The summed E-state index contributed by atoms with van der Waals surface area (Å²) in [5.74, 6) is -0.742. The van der Waals surface area contributed by atoms with Gasteiger partial charge in [0.15, 0.2) is 0 Å². The molecule has 0 bridgehead atoms. The van der Waals surface area contributed by atoms with Gasteiger partial charge in [-0.25, -0.2) is 0 Å². The van der Waals surface area contributed by atoms with Gasteiger partial charge in [-0.3, -0.25) is 0 Å². The summed E-state index contributed by atoms with van der Waals surface area (Å²) < 4.78 is 13.4. The molecule has 0 radical (unpaired) electrons. The number of anilines is 1. The van der Waals surface area contributed by atoms with Crippen LogP contribution in [0.2, 0.25) is 0 Å². The van der Waals surface area contributed by atoms with Gasteiger partial charge >= 0.3 is 0 Å². The Morgan fingerprint density at radius 3 is 2.20 bits per heavy atom. The number of halogens is 1. The average Bonchev–Trinajstić information content (AvgIpc) is 2.26. The van der Waals surface area contributed by atoms with Crippen LogP contribution in [0.5, 0.6) is 0 Å². The molecule has 1 rings (SSSR count). The van der Waals surface area contributed by atoms with Crippen LogP contribution in [-0.2, 0) is 0 Å². The second kappa shape index (κ2) is 4.80. The van der Waals surface area contributed by atoms with Gasteiger partial charge in [0.1, 0.15) is 0 Å². The van der Waals surface area contributed by atoms with Gasteiger partial charge < -0.3 is 17.2 Å². The summed E-state index contributed by atoms with van der Waals surface area (Å²) >= 11 is 0. The average molecular weight is 210 g/mol. The van der Waals surface area contributed by atoms with Gasteiger partial charge in [0, 0.05) is 0 Å². The first-order valence-corrected chi connectivity index (χ1v) is 4.04. The number of nitrogens with two attached hydrogens (primary N) is 3. The van der Waals surface area contributed by atoms with Crippen LogP contribution >= 0.6 is 0 Å². The minimum atomic E-state index is -0.449. The first-order valence-electron chi connectivity index (χ1n) is 4.04. The minimum Gasteiger partial charge on any atom is -0.369 e. The fourth-order valence-corrected chi connectivity index (χ4v) is 0.839. The number of guanidine groups is 2. The molecule has 0 spiro atoms. The lowest BCUT2D eigenvalue weighted by atomic mass is 10.3. The molecule has 0 aliphatic carbocycles. The Hall–Kier alpha value is -2.31. The molecule has 0 aliphatic rings. The lowest BCUT2D eigenvalue weighted by molar-refractivity contribution is 0.517. The first-order chi connectivity index (χ1) is 7.11. The van der Waals surface area contributed by atoms with E-state index in [9.17, 15) is 4.48 Å². The third-order valence-corrected chi connectivity index (χ3v) is 1.45. The molecule has 0 fully saturated rings. The standard InChI is InChI=1S/C8H11FN6/c9-15(6-4-2-1-3-5-6)8(12)14-13-7(10)11/h1-5H,(H2,12,14)(H4,10,11,13). The molecule has 0 amide bonds. The highest BCUT2D eigenvalue weighted by molar-refractivity contribution is 5.93. The van der Waals surface area contributed by atoms with Crippen molar-refractivity contribution in [3.8, 4) is 0 Å². The van der Waals surface area contributed by atoms with E-state index in [1.165, 1.54) is 12.1 Å². The van der Waals surface area contributed by atoms with Crippen molar-refractivity contribution in [2.45, 2.75) is 0 Å². The highest BCUT2D eigenvalue weighted by atomic mass is 19.2. The third-order valence-electron chi connectivity index (χ3n) is 1.45. The van der Waals surface area contributed by atoms with Gasteiger partial charge in [0.05, 0.1) is 5.69 Å². The van der Waals surface area contributed by atoms with Crippen molar-refractivity contribution in [3.63, 3.8) is 0 Å². The van der Waals surface area contributed by atoms with Gasteiger partial charge in [0.25, 0.3) is 0 Å². The topological polar surface area (TPSA) is 106 Å². The minimum absolute atomic E-state index is 0.173. The fraction of sp³-hybridized carbons (Fsp3) is 0. The van der Waals surface area contributed by atoms with Gasteiger partial charge in [0.2, 0.25) is 11.9 Å². The quantitative estimate of drug-likeness (QED) is 0.274. The van der Waals surface area contributed by atoms with Crippen LogP contribution in [0.1, 0.15) is 0 Å². The number of para-hydroxylation sites is 1. The number of nitrogens with zero attached hydrogens (tertiary/aromatic N) is 3. The molecule has 15 heavy (non-hydrogen) atoms. The Balaban J connectivity index is 2.82. The van der Waals surface area contributed by atoms with Crippen LogP contribution in [0, 0.1) is 0 Å². The molecule has 7 heteroatoms. The highest BCUT2D eigenvalue weighted by Gasteiger charge is 2.08. The summed E-state index contributed by atoms with van der Waals surface area (Å²) in [4.78, 5) is 0. The van der Waals surface area contributed by atoms with Crippen LogP contribution < -0.4 is 22.3 Å². The van der Waals surface area contributed by atoms with E-state index >= 15 is 0 Å². The molecule has 0 heterocycles. The number of hydrogen-bond donors (Lipinski definition) is 3. The van der Waals surface area contributed by atoms with E-state index < -0.39 is 5.96 Å². The summed E-state index contributed by atoms with van der Waals surface area (Å²) in [7, 11) is 0. The molecule has 0 aromatic heterocycles. The van der Waals surface area contributed by atoms with Crippen molar-refractivity contribution in [1.82, 2.24) is 0 Å². The Bertz CT molecular complexity index is 370. The summed E-state index contributed by atoms with van der Waals surface area (Å²) in [5.41, 5.74) is 15.5. The van der Waals surface area contributed by atoms with E-state index in [2.05, 4.69) is 10.2 Å². The molecule has 1 aromatic rings. The van der Waals surface area contributed by atoms with Crippen LogP contribution in [0.15, 0.2) is 40.5 Å². The van der Waals surface area contributed by atoms with Crippen molar-refractivity contribution in [2.24, 2.45) is 27.4 Å². The number of rotatable bonds is 2. The van der Waals surface area contributed by atoms with Gasteiger partial charge in [-0.05, 0) is 12.1 Å². The van der Waals surface area contributed by atoms with Crippen molar-refractivity contribution in [3.05, 3.63) is 30.3 Å². The molecular formula is C8H11FN6. The zero-order chi connectivity index (χ0) is 11.3. The molecule has 0 saturated heterocycles. The maximum atomic E-state index is 13.4. The van der Waals surface area contributed by atoms with E-state index in [0.29, 0.717) is 0 Å². The van der Waals surface area contributed by atoms with Crippen LogP contribution in [0.3, 0.4) is 0 Å². The molecule has 6 nitrogen and oxygen atoms in total. The van der Waals surface area contributed by atoms with E-state index in [4.69, 9.17) is 17.2 Å². The molecule has 0 atom stereocenters. The lowest BCUT2D eigenvalue weighted by Gasteiger charge is -2.10. The summed E-state index contributed by atoms with van der Waals surface area (Å²) in [6.45, 7) is 0. The van der Waals surface area contributed by atoms with E-state index in [-0.39, 0.29) is 16.8 Å². The lowest BCUT2D eigenvalue weighted by Crippen LogP contribution is -2.31. The van der Waals surface area contributed by atoms with E-state index in [1.807, 2.05) is 0 Å². The number of hydrogen-bond acceptors (Lipinski definition) is 2. The first kappa shape index (κ1) is 10.8. The predicted octanol–water partition coefficient (Wildman–Crippen LogP) is -0.119. The number of benzene rings is 1. The second-order valence-corrected chi connectivity index (χ2v) is 2.60. The molecular weight excluding hydrogens is 199 g/mol. The van der Waals surface area contributed by atoms with Gasteiger partial charge in [-0.1, -0.05) is 22.7 Å². The van der Waals surface area contributed by atoms with Crippen molar-refractivity contribution < 1.29 is 4.48 Å². The van der Waals surface area contributed by atoms with E-state index in [0.717, 1.165) is 0 Å². The molecule has 0 saturated carbocycles. The molecule has 80 valence electrons. The second-order valence-electron chi connectivity index (χ2n) is 2.60. The third kappa shape index (κ3) is 3.14. The van der Waals surface area contributed by atoms with E-state index in [1.54, 1.807) is 18.2 Å². The van der Waals surface area contributed by atoms with Gasteiger partial charge in [-0.2, -0.15) is 0 Å². The largest absolute Gasteiger partial charge is 0.369 e. The highest BCUT2D eigenvalue weighted by Crippen LogP contribution is 2.12. The molecule has 1 aromatic carbocycles. The SMILES string of the molecule is NC(N)=N/N=C(\N)N(F)c1ccccc1. The zero-order valence-corrected chi connectivity index (χ0v) is 7.84. The Morgan fingerprint density at radius 1 is 1.07 bits per heavy atom. The Kier molecular flexibility index (Phi) is 3.44. The molecule has 6 N–H and O–H groups in total. The monoisotopic (exact) mass is 210 g/mol. The molecule has 0 unspecified atom stereocenters. The van der Waals surface area contributed by atoms with Crippen LogP contribution in [-0.4, -0.2) is 11.9 Å². The van der Waals surface area contributed by atoms with Crippen molar-refractivity contribution in [1.29, 1.82) is 0 Å². The fourth-order valence-electron chi connectivity index (χ4n) is 0.839. The summed E-state index contributed by atoms with van der Waals surface area (Å²) in [6, 6.07) is 8.13. The Morgan fingerprint density at radius 2 is 1.67 bits per heavy atom. The van der Waals surface area contributed by atoms with Gasteiger partial charge in [-0.15, -0.1) is 15.3 Å². The maximum absolute atomic E-state index is 13.4. The zero-order valence-electron chi connectivity index (χ0n) is 7.84. The summed E-state index contributed by atoms with van der Waals surface area (Å²) in [6.07, 6.45) is 0. The normalized spacial score (nSPS) is 10.9. The maximum Gasteiger partial charge on any atom is 0.249 e. The molecule has 0 aliphatic heterocycles. The summed E-state index contributed by atoms with van der Waals surface area (Å²) in [5, 5.41) is 6.68.